The molecule has 2 rings (SSSR count). The molecule has 0 saturated carbocycles. The van der Waals surface area contributed by atoms with Crippen LogP contribution < -0.4 is 9.64 Å². The molecule has 110 valence electrons. The van der Waals surface area contributed by atoms with Gasteiger partial charge in [-0.1, -0.05) is 46.6 Å². The molecule has 1 aromatic carbocycles. The van der Waals surface area contributed by atoms with Gasteiger partial charge in [0.1, 0.15) is 5.75 Å². The Balaban J connectivity index is 2.22. The van der Waals surface area contributed by atoms with Gasteiger partial charge in [0.05, 0.1) is 7.11 Å². The first kappa shape index (κ1) is 15.0. The van der Waals surface area contributed by atoms with Gasteiger partial charge in [0, 0.05) is 23.3 Å². The summed E-state index contributed by atoms with van der Waals surface area (Å²) in [6, 6.07) is 6.38. The van der Waals surface area contributed by atoms with Crippen molar-refractivity contribution in [3.8, 4) is 5.75 Å². The predicted molar refractivity (Wildman–Crippen MR) is 86.6 cm³/mol. The third kappa shape index (κ3) is 2.56. The molecule has 0 unspecified atom stereocenters. The third-order valence-electron chi connectivity index (χ3n) is 4.45. The van der Waals surface area contributed by atoms with Crippen LogP contribution in [0.15, 0.2) is 30.5 Å². The van der Waals surface area contributed by atoms with E-state index in [9.17, 15) is 0 Å². The highest BCUT2D eigenvalue weighted by Gasteiger charge is 2.38. The number of benzene rings is 1. The summed E-state index contributed by atoms with van der Waals surface area (Å²) in [5.41, 5.74) is 3.83. The number of nitrogens with zero attached hydrogens (tertiary/aromatic N) is 1. The van der Waals surface area contributed by atoms with Gasteiger partial charge in [-0.2, -0.15) is 0 Å². The molecule has 2 nitrogen and oxygen atoms in total. The van der Waals surface area contributed by atoms with Crippen LogP contribution in [0.4, 0.5) is 5.69 Å². The summed E-state index contributed by atoms with van der Waals surface area (Å²) in [7, 11) is 1.72. The average molecular weight is 273 g/mol. The second kappa shape index (κ2) is 5.90. The molecule has 0 bridgehead atoms. The quantitative estimate of drug-likeness (QED) is 0.684. The Bertz CT molecular complexity index is 490. The maximum atomic E-state index is 5.37. The lowest BCUT2D eigenvalue weighted by Gasteiger charge is -2.25. The molecule has 0 amide bonds. The van der Waals surface area contributed by atoms with Crippen molar-refractivity contribution < 1.29 is 4.74 Å². The number of hydrogen-bond donors (Lipinski definition) is 0. The van der Waals surface area contributed by atoms with Gasteiger partial charge < -0.3 is 9.64 Å². The van der Waals surface area contributed by atoms with E-state index in [1.54, 1.807) is 7.11 Å². The van der Waals surface area contributed by atoms with E-state index in [1.165, 1.54) is 42.6 Å². The third-order valence-corrected chi connectivity index (χ3v) is 4.45. The summed E-state index contributed by atoms with van der Waals surface area (Å²) in [6.45, 7) is 12.2. The monoisotopic (exact) mass is 273 g/mol. The summed E-state index contributed by atoms with van der Waals surface area (Å²) < 4.78 is 5.37. The lowest BCUT2D eigenvalue weighted by Crippen LogP contribution is -2.26. The Morgan fingerprint density at radius 1 is 1.20 bits per heavy atom. The maximum absolute atomic E-state index is 5.37. The minimum atomic E-state index is -0.00533. The molecule has 1 heterocycles. The number of hydrogen-bond acceptors (Lipinski definition) is 2. The van der Waals surface area contributed by atoms with Crippen molar-refractivity contribution in [2.75, 3.05) is 18.6 Å². The van der Waals surface area contributed by atoms with Crippen molar-refractivity contribution in [3.05, 3.63) is 36.0 Å². The molecule has 0 saturated heterocycles. The molecule has 0 aliphatic carbocycles. The SMILES string of the molecule is C=C1N(CCCCCC)c2ccc(OC)cc2C1(C)C. The molecular formula is C18H27NO. The van der Waals surface area contributed by atoms with Gasteiger partial charge in [-0.05, 0) is 30.2 Å². The Hall–Kier alpha value is -1.44. The fraction of sp³-hybridized carbons (Fsp3) is 0.556. The number of allylic oxidation sites excluding steroid dienone is 1. The van der Waals surface area contributed by atoms with E-state index in [2.05, 4.69) is 44.4 Å². The molecule has 1 aliphatic rings. The summed E-state index contributed by atoms with van der Waals surface area (Å²) in [4.78, 5) is 2.39. The fourth-order valence-corrected chi connectivity index (χ4v) is 2.97. The van der Waals surface area contributed by atoms with Crippen LogP contribution >= 0.6 is 0 Å². The number of rotatable bonds is 6. The smallest absolute Gasteiger partial charge is 0.119 e. The molecule has 1 aliphatic heterocycles. The minimum absolute atomic E-state index is 0.00533. The lowest BCUT2D eigenvalue weighted by molar-refractivity contribution is 0.413. The predicted octanol–water partition coefficient (Wildman–Crippen LogP) is 4.89. The van der Waals surface area contributed by atoms with Gasteiger partial charge in [-0.25, -0.2) is 0 Å². The molecule has 1 aromatic rings. The van der Waals surface area contributed by atoms with Crippen molar-refractivity contribution in [3.63, 3.8) is 0 Å². The molecule has 0 spiro atoms. The van der Waals surface area contributed by atoms with E-state index in [-0.39, 0.29) is 5.41 Å². The first-order chi connectivity index (χ1) is 9.52. The minimum Gasteiger partial charge on any atom is -0.497 e. The second-order valence-electron chi connectivity index (χ2n) is 6.17. The van der Waals surface area contributed by atoms with E-state index < -0.39 is 0 Å². The number of methoxy groups -OCH3 is 1. The van der Waals surface area contributed by atoms with Gasteiger partial charge in [0.2, 0.25) is 0 Å². The Kier molecular flexibility index (Phi) is 4.42. The summed E-state index contributed by atoms with van der Waals surface area (Å²) in [5.74, 6) is 0.928. The van der Waals surface area contributed by atoms with Crippen LogP contribution in [0.3, 0.4) is 0 Å². The topological polar surface area (TPSA) is 12.5 Å². The normalized spacial score (nSPS) is 16.4. The van der Waals surface area contributed by atoms with Gasteiger partial charge in [-0.15, -0.1) is 0 Å². The Labute approximate surface area is 123 Å². The van der Waals surface area contributed by atoms with Gasteiger partial charge in [-0.3, -0.25) is 0 Å². The van der Waals surface area contributed by atoms with Gasteiger partial charge in [0.15, 0.2) is 0 Å². The molecule has 0 radical (unpaired) electrons. The van der Waals surface area contributed by atoms with E-state index in [1.807, 2.05) is 6.07 Å². The van der Waals surface area contributed by atoms with Crippen LogP contribution in [0.1, 0.15) is 52.0 Å². The molecule has 0 fully saturated rings. The highest BCUT2D eigenvalue weighted by Crippen LogP contribution is 2.48. The molecule has 20 heavy (non-hydrogen) atoms. The lowest BCUT2D eigenvalue weighted by atomic mass is 9.84. The second-order valence-corrected chi connectivity index (χ2v) is 6.17. The fourth-order valence-electron chi connectivity index (χ4n) is 2.97. The zero-order chi connectivity index (χ0) is 14.8. The number of fused-ring (bicyclic) bond motifs is 1. The summed E-state index contributed by atoms with van der Waals surface area (Å²) in [5, 5.41) is 0. The molecule has 2 heteroatoms. The van der Waals surface area contributed by atoms with E-state index in [0.717, 1.165) is 12.3 Å². The average Bonchev–Trinajstić information content (AvgIpc) is 2.63. The van der Waals surface area contributed by atoms with Crippen LogP contribution in [0.25, 0.3) is 0 Å². The maximum Gasteiger partial charge on any atom is 0.119 e. The van der Waals surface area contributed by atoms with Crippen molar-refractivity contribution in [2.24, 2.45) is 0 Å². The van der Waals surface area contributed by atoms with Crippen molar-refractivity contribution in [1.82, 2.24) is 0 Å². The Morgan fingerprint density at radius 2 is 1.95 bits per heavy atom. The molecule has 0 N–H and O–H groups in total. The number of unbranched alkanes of at least 4 members (excludes halogenated alkanes) is 3. The van der Waals surface area contributed by atoms with E-state index in [4.69, 9.17) is 4.74 Å². The van der Waals surface area contributed by atoms with Crippen LogP contribution in [-0.4, -0.2) is 13.7 Å². The highest BCUT2D eigenvalue weighted by molar-refractivity contribution is 5.71. The van der Waals surface area contributed by atoms with Crippen molar-refractivity contribution in [1.29, 1.82) is 0 Å². The zero-order valence-electron chi connectivity index (χ0n) is 13.3. The van der Waals surface area contributed by atoms with Gasteiger partial charge in [0.25, 0.3) is 0 Å². The summed E-state index contributed by atoms with van der Waals surface area (Å²) >= 11 is 0. The standard InChI is InChI=1S/C18H27NO/c1-6-7-8-9-12-19-14(2)18(3,4)16-13-15(20-5)10-11-17(16)19/h10-11,13H,2,6-9,12H2,1,3-5H3. The van der Waals surface area contributed by atoms with Crippen LogP contribution in [0.5, 0.6) is 5.75 Å². The Morgan fingerprint density at radius 3 is 2.60 bits per heavy atom. The molecule has 0 aromatic heterocycles. The first-order valence-corrected chi connectivity index (χ1v) is 7.67. The largest absolute Gasteiger partial charge is 0.497 e. The number of anilines is 1. The van der Waals surface area contributed by atoms with Gasteiger partial charge >= 0.3 is 0 Å². The first-order valence-electron chi connectivity index (χ1n) is 7.67. The van der Waals surface area contributed by atoms with Crippen LogP contribution in [0, 0.1) is 0 Å². The molecule has 0 atom stereocenters. The highest BCUT2D eigenvalue weighted by atomic mass is 16.5. The van der Waals surface area contributed by atoms with E-state index >= 15 is 0 Å². The van der Waals surface area contributed by atoms with Crippen molar-refractivity contribution >= 4 is 5.69 Å². The molecular weight excluding hydrogens is 246 g/mol. The number of ether oxygens (including phenoxy) is 1. The van der Waals surface area contributed by atoms with Crippen molar-refractivity contribution in [2.45, 2.75) is 51.9 Å². The van der Waals surface area contributed by atoms with E-state index in [0.29, 0.717) is 0 Å². The van der Waals surface area contributed by atoms with Crippen LogP contribution in [0.2, 0.25) is 0 Å². The summed E-state index contributed by atoms with van der Waals surface area (Å²) in [6.07, 6.45) is 5.13. The zero-order valence-corrected chi connectivity index (χ0v) is 13.3. The van der Waals surface area contributed by atoms with Crippen LogP contribution in [-0.2, 0) is 5.41 Å².